The third-order valence-electron chi connectivity index (χ3n) is 7.84. The number of pyridine rings is 1. The molecule has 1 N–H and O–H groups in total. The van der Waals surface area contributed by atoms with Crippen LogP contribution in [0.4, 0.5) is 0 Å². The second kappa shape index (κ2) is 8.78. The molecule has 2 amide bonds. The quantitative estimate of drug-likeness (QED) is 0.608. The number of amides is 2. The van der Waals surface area contributed by atoms with Gasteiger partial charge in [-0.1, -0.05) is 32.8 Å². The molecule has 5 rings (SSSR count). The predicted octanol–water partition coefficient (Wildman–Crippen LogP) is 4.50. The lowest BCUT2D eigenvalue weighted by atomic mass is 9.77. The zero-order chi connectivity index (χ0) is 23.9. The Balaban J connectivity index is 1.52. The summed E-state index contributed by atoms with van der Waals surface area (Å²) in [4.78, 5) is 33.9. The first-order valence-electron chi connectivity index (χ1n) is 12.1. The molecule has 3 aromatic heterocycles. The zero-order valence-electron chi connectivity index (χ0n) is 20.0. The Morgan fingerprint density at radius 1 is 1.15 bits per heavy atom. The van der Waals surface area contributed by atoms with E-state index in [1.165, 1.54) is 6.42 Å². The van der Waals surface area contributed by atoms with Gasteiger partial charge in [0.1, 0.15) is 17.0 Å². The Bertz CT molecular complexity index is 1170. The number of rotatable bonds is 5. The molecule has 0 aromatic carbocycles. The average molecular weight is 461 g/mol. The van der Waals surface area contributed by atoms with Crippen molar-refractivity contribution in [2.24, 2.45) is 11.8 Å². The lowest BCUT2D eigenvalue weighted by molar-refractivity contribution is -0.134. The van der Waals surface area contributed by atoms with Gasteiger partial charge in [-0.25, -0.2) is 0 Å². The van der Waals surface area contributed by atoms with Gasteiger partial charge in [0, 0.05) is 12.2 Å². The molecule has 0 unspecified atom stereocenters. The van der Waals surface area contributed by atoms with Crippen LogP contribution in [-0.2, 0) is 17.9 Å². The molecule has 1 fully saturated rings. The van der Waals surface area contributed by atoms with Crippen LogP contribution >= 0.6 is 0 Å². The molecule has 7 nitrogen and oxygen atoms in total. The molecule has 4 atom stereocenters. The van der Waals surface area contributed by atoms with E-state index in [2.05, 4.69) is 24.1 Å². The maximum atomic E-state index is 14.0. The van der Waals surface area contributed by atoms with Gasteiger partial charge in [-0.3, -0.25) is 14.6 Å². The average Bonchev–Trinajstić information content (AvgIpc) is 3.50. The Morgan fingerprint density at radius 3 is 2.71 bits per heavy atom. The van der Waals surface area contributed by atoms with E-state index >= 15 is 0 Å². The number of hydrogen-bond donors (Lipinski definition) is 1. The highest BCUT2D eigenvalue weighted by molar-refractivity contribution is 6.00. The van der Waals surface area contributed by atoms with Gasteiger partial charge in [-0.2, -0.15) is 0 Å². The summed E-state index contributed by atoms with van der Waals surface area (Å²) in [6.07, 6.45) is 6.59. The van der Waals surface area contributed by atoms with E-state index in [9.17, 15) is 9.59 Å². The van der Waals surface area contributed by atoms with Crippen molar-refractivity contribution in [1.29, 1.82) is 0 Å². The van der Waals surface area contributed by atoms with Gasteiger partial charge in [-0.15, -0.1) is 0 Å². The molecule has 178 valence electrons. The van der Waals surface area contributed by atoms with Crippen LogP contribution in [0.5, 0.6) is 0 Å². The summed E-state index contributed by atoms with van der Waals surface area (Å²) >= 11 is 0. The molecule has 4 heterocycles. The first kappa shape index (κ1) is 22.4. The van der Waals surface area contributed by atoms with Crippen molar-refractivity contribution >= 4 is 11.8 Å². The van der Waals surface area contributed by atoms with E-state index in [1.807, 2.05) is 54.0 Å². The summed E-state index contributed by atoms with van der Waals surface area (Å²) in [5.74, 6) is 1.33. The van der Waals surface area contributed by atoms with Gasteiger partial charge in [-0.05, 0) is 61.6 Å². The molecular formula is C27H32N4O3. The van der Waals surface area contributed by atoms with E-state index in [0.29, 0.717) is 29.8 Å². The number of hydrogen-bond acceptors (Lipinski definition) is 4. The monoisotopic (exact) mass is 460 g/mol. The Morgan fingerprint density at radius 2 is 1.97 bits per heavy atom. The van der Waals surface area contributed by atoms with E-state index in [1.54, 1.807) is 17.4 Å². The van der Waals surface area contributed by atoms with Crippen molar-refractivity contribution in [2.45, 2.75) is 64.7 Å². The minimum Gasteiger partial charge on any atom is -0.463 e. The fourth-order valence-corrected chi connectivity index (χ4v) is 5.42. The largest absolute Gasteiger partial charge is 0.463 e. The normalized spacial score (nSPS) is 26.9. The fourth-order valence-electron chi connectivity index (χ4n) is 5.42. The minimum absolute atomic E-state index is 0.107. The molecule has 1 aliphatic carbocycles. The second-order valence-electron chi connectivity index (χ2n) is 10.0. The molecule has 0 radical (unpaired) electrons. The highest BCUT2D eigenvalue weighted by atomic mass is 16.3. The third kappa shape index (κ3) is 3.83. The summed E-state index contributed by atoms with van der Waals surface area (Å²) in [6.45, 7) is 6.95. The van der Waals surface area contributed by atoms with E-state index in [4.69, 9.17) is 4.42 Å². The van der Waals surface area contributed by atoms with Crippen LogP contribution in [-0.4, -0.2) is 37.8 Å². The lowest BCUT2D eigenvalue weighted by Crippen LogP contribution is -2.65. The van der Waals surface area contributed by atoms with Crippen LogP contribution in [0, 0.1) is 11.8 Å². The Hall–Kier alpha value is -3.35. The Kier molecular flexibility index (Phi) is 5.80. The van der Waals surface area contributed by atoms with Crippen molar-refractivity contribution in [3.63, 3.8) is 0 Å². The molecule has 1 saturated carbocycles. The van der Waals surface area contributed by atoms with Crippen LogP contribution in [0.25, 0.3) is 11.5 Å². The van der Waals surface area contributed by atoms with Gasteiger partial charge in [0.05, 0.1) is 30.7 Å². The van der Waals surface area contributed by atoms with Gasteiger partial charge >= 0.3 is 0 Å². The van der Waals surface area contributed by atoms with E-state index in [-0.39, 0.29) is 24.4 Å². The van der Waals surface area contributed by atoms with Crippen LogP contribution < -0.4 is 5.32 Å². The Labute approximate surface area is 200 Å². The standard InChI is InChI=1S/C27H32N4O3/c1-18-8-6-10-21(19(18)2)29-26(33)27(3)17-30-22(24-11-7-15-34-24)12-13-23(30)25(32)31(27)16-20-9-4-5-14-28-20/h4-5,7,9,11-15,18-19,21H,6,8,10,16-17H2,1-3H3,(H,29,33)/t18-,19-,21+,27+/m1/s1. The van der Waals surface area contributed by atoms with Crippen molar-refractivity contribution in [1.82, 2.24) is 19.8 Å². The fraction of sp³-hybridized carbons (Fsp3) is 0.444. The molecule has 2 aliphatic rings. The number of nitrogens with zero attached hydrogens (tertiary/aromatic N) is 3. The van der Waals surface area contributed by atoms with E-state index < -0.39 is 5.54 Å². The summed E-state index contributed by atoms with van der Waals surface area (Å²) in [6, 6.07) is 13.1. The van der Waals surface area contributed by atoms with Crippen LogP contribution in [0.15, 0.2) is 59.3 Å². The third-order valence-corrected chi connectivity index (χ3v) is 7.84. The SMILES string of the molecule is C[C@@H]1[C@H](C)CCC[C@@H]1NC(=O)[C@]1(C)Cn2c(ccc2-c2ccco2)C(=O)N1Cc1ccccn1. The van der Waals surface area contributed by atoms with Crippen LogP contribution in [0.2, 0.25) is 0 Å². The van der Waals surface area contributed by atoms with Gasteiger partial charge in [0.2, 0.25) is 5.91 Å². The first-order valence-corrected chi connectivity index (χ1v) is 12.1. The summed E-state index contributed by atoms with van der Waals surface area (Å²) < 4.78 is 7.54. The number of carbonyl (C=O) groups is 2. The van der Waals surface area contributed by atoms with Gasteiger partial charge in [0.15, 0.2) is 0 Å². The highest BCUT2D eigenvalue weighted by Gasteiger charge is 2.49. The van der Waals surface area contributed by atoms with Crippen molar-refractivity contribution in [3.05, 3.63) is 66.3 Å². The molecule has 34 heavy (non-hydrogen) atoms. The minimum atomic E-state index is -1.08. The van der Waals surface area contributed by atoms with Crippen LogP contribution in [0.3, 0.4) is 0 Å². The summed E-state index contributed by atoms with van der Waals surface area (Å²) in [5.41, 5.74) is 1.01. The summed E-state index contributed by atoms with van der Waals surface area (Å²) in [7, 11) is 0. The topological polar surface area (TPSA) is 80.4 Å². The number of aromatic nitrogens is 2. The van der Waals surface area contributed by atoms with Crippen molar-refractivity contribution in [2.75, 3.05) is 0 Å². The second-order valence-corrected chi connectivity index (χ2v) is 10.0. The van der Waals surface area contributed by atoms with E-state index in [0.717, 1.165) is 24.2 Å². The molecular weight excluding hydrogens is 428 g/mol. The number of carbonyl (C=O) groups excluding carboxylic acids is 2. The molecule has 0 spiro atoms. The van der Waals surface area contributed by atoms with Crippen molar-refractivity contribution < 1.29 is 14.0 Å². The molecule has 0 saturated heterocycles. The maximum absolute atomic E-state index is 14.0. The van der Waals surface area contributed by atoms with Gasteiger partial charge in [0.25, 0.3) is 5.91 Å². The van der Waals surface area contributed by atoms with Gasteiger partial charge < -0.3 is 19.2 Å². The molecule has 1 aliphatic heterocycles. The van der Waals surface area contributed by atoms with Crippen LogP contribution in [0.1, 0.15) is 56.2 Å². The lowest BCUT2D eigenvalue weighted by Gasteiger charge is -2.45. The molecule has 7 heteroatoms. The van der Waals surface area contributed by atoms with Crippen molar-refractivity contribution in [3.8, 4) is 11.5 Å². The molecule has 3 aromatic rings. The maximum Gasteiger partial charge on any atom is 0.271 e. The highest BCUT2D eigenvalue weighted by Crippen LogP contribution is 2.35. The first-order chi connectivity index (χ1) is 16.4. The molecule has 0 bridgehead atoms. The zero-order valence-corrected chi connectivity index (χ0v) is 20.0. The number of furan rings is 1. The smallest absolute Gasteiger partial charge is 0.271 e. The predicted molar refractivity (Wildman–Crippen MR) is 129 cm³/mol. The number of fused-ring (bicyclic) bond motifs is 1. The number of nitrogens with one attached hydrogen (secondary N) is 1. The summed E-state index contributed by atoms with van der Waals surface area (Å²) in [5, 5.41) is 3.33.